The fraction of sp³-hybridized carbons (Fsp3) is 0.364. The smallest absolute Gasteiger partial charge is 0.0635 e. The summed E-state index contributed by atoms with van der Waals surface area (Å²) >= 11 is 5.88. The van der Waals surface area contributed by atoms with E-state index in [1.54, 1.807) is 12.1 Å². The maximum Gasteiger partial charge on any atom is 0.0635 e. The predicted molar refractivity (Wildman–Crippen MR) is 62.4 cm³/mol. The molecule has 0 heterocycles. The summed E-state index contributed by atoms with van der Waals surface area (Å²) < 4.78 is 0. The number of hydrogen-bond acceptors (Lipinski definition) is 3. The van der Waals surface area contributed by atoms with E-state index in [0.717, 1.165) is 17.8 Å². The standard InChI is InChI=1S/C11H14ClN3/c1-15(6-2-5-13)8-9-7-10(12)3-4-11(9)14/h3-4,7H,2,6,8,14H2,1H3. The molecule has 0 aliphatic heterocycles. The second-order valence-electron chi connectivity index (χ2n) is 3.49. The molecule has 0 aliphatic rings. The van der Waals surface area contributed by atoms with E-state index in [1.807, 2.05) is 18.0 Å². The third kappa shape index (κ3) is 3.78. The van der Waals surface area contributed by atoms with Crippen LogP contribution in [0, 0.1) is 11.3 Å². The summed E-state index contributed by atoms with van der Waals surface area (Å²) in [7, 11) is 1.96. The first kappa shape index (κ1) is 11.8. The molecule has 2 N–H and O–H groups in total. The van der Waals surface area contributed by atoms with E-state index in [0.29, 0.717) is 18.0 Å². The topological polar surface area (TPSA) is 53.0 Å². The van der Waals surface area contributed by atoms with Crippen molar-refractivity contribution in [2.24, 2.45) is 0 Å². The number of nitrogen functional groups attached to an aromatic ring is 1. The van der Waals surface area contributed by atoms with Crippen molar-refractivity contribution in [2.75, 3.05) is 19.3 Å². The van der Waals surface area contributed by atoms with E-state index < -0.39 is 0 Å². The summed E-state index contributed by atoms with van der Waals surface area (Å²) in [5, 5.41) is 9.15. The minimum absolute atomic E-state index is 0.525. The molecule has 80 valence electrons. The lowest BCUT2D eigenvalue weighted by atomic mass is 10.1. The van der Waals surface area contributed by atoms with Gasteiger partial charge in [0.2, 0.25) is 0 Å². The van der Waals surface area contributed by atoms with Crippen LogP contribution in [0.4, 0.5) is 5.69 Å². The number of rotatable bonds is 4. The van der Waals surface area contributed by atoms with Crippen LogP contribution in [0.2, 0.25) is 5.02 Å². The van der Waals surface area contributed by atoms with Crippen molar-refractivity contribution in [1.29, 1.82) is 5.26 Å². The fourth-order valence-corrected chi connectivity index (χ4v) is 1.52. The molecule has 0 bridgehead atoms. The molecule has 0 amide bonds. The molecule has 1 rings (SSSR count). The Labute approximate surface area is 95.1 Å². The molecule has 0 spiro atoms. The Balaban J connectivity index is 2.64. The molecule has 0 unspecified atom stereocenters. The Bertz CT molecular complexity index is 371. The van der Waals surface area contributed by atoms with Crippen molar-refractivity contribution in [1.82, 2.24) is 4.90 Å². The normalized spacial score (nSPS) is 10.3. The molecule has 0 aromatic heterocycles. The van der Waals surface area contributed by atoms with E-state index in [4.69, 9.17) is 22.6 Å². The molecule has 15 heavy (non-hydrogen) atoms. The second-order valence-corrected chi connectivity index (χ2v) is 3.93. The molecular weight excluding hydrogens is 210 g/mol. The quantitative estimate of drug-likeness (QED) is 0.797. The van der Waals surface area contributed by atoms with Gasteiger partial charge in [-0.1, -0.05) is 11.6 Å². The lowest BCUT2D eigenvalue weighted by Gasteiger charge is -2.16. The summed E-state index contributed by atoms with van der Waals surface area (Å²) in [5.74, 6) is 0. The molecule has 3 nitrogen and oxygen atoms in total. The number of nitrogens with two attached hydrogens (primary N) is 1. The Morgan fingerprint density at radius 2 is 2.27 bits per heavy atom. The van der Waals surface area contributed by atoms with E-state index in [2.05, 4.69) is 6.07 Å². The molecule has 1 aromatic rings. The van der Waals surface area contributed by atoms with Crippen LogP contribution in [0.25, 0.3) is 0 Å². The van der Waals surface area contributed by atoms with Crippen molar-refractivity contribution in [2.45, 2.75) is 13.0 Å². The van der Waals surface area contributed by atoms with Crippen molar-refractivity contribution >= 4 is 17.3 Å². The maximum atomic E-state index is 8.46. The minimum atomic E-state index is 0.525. The van der Waals surface area contributed by atoms with Gasteiger partial charge in [-0.05, 0) is 30.8 Å². The van der Waals surface area contributed by atoms with Crippen molar-refractivity contribution in [3.63, 3.8) is 0 Å². The average molecular weight is 224 g/mol. The van der Waals surface area contributed by atoms with E-state index >= 15 is 0 Å². The summed E-state index contributed by atoms with van der Waals surface area (Å²) in [6.07, 6.45) is 0.525. The van der Waals surface area contributed by atoms with Gasteiger partial charge in [0.25, 0.3) is 0 Å². The van der Waals surface area contributed by atoms with Gasteiger partial charge >= 0.3 is 0 Å². The van der Waals surface area contributed by atoms with Gasteiger partial charge in [0.1, 0.15) is 0 Å². The molecule has 0 aliphatic carbocycles. The van der Waals surface area contributed by atoms with Crippen LogP contribution in [-0.2, 0) is 6.54 Å². The highest BCUT2D eigenvalue weighted by Crippen LogP contribution is 2.19. The Morgan fingerprint density at radius 1 is 1.53 bits per heavy atom. The number of hydrogen-bond donors (Lipinski definition) is 1. The zero-order chi connectivity index (χ0) is 11.3. The molecule has 0 atom stereocenters. The highest BCUT2D eigenvalue weighted by molar-refractivity contribution is 6.30. The van der Waals surface area contributed by atoms with Gasteiger partial charge < -0.3 is 10.6 Å². The van der Waals surface area contributed by atoms with E-state index in [-0.39, 0.29) is 0 Å². The average Bonchev–Trinajstić information content (AvgIpc) is 2.20. The van der Waals surface area contributed by atoms with Gasteiger partial charge in [-0.2, -0.15) is 5.26 Å². The molecule has 1 aromatic carbocycles. The van der Waals surface area contributed by atoms with Gasteiger partial charge in [-0.15, -0.1) is 0 Å². The van der Waals surface area contributed by atoms with Crippen molar-refractivity contribution < 1.29 is 0 Å². The predicted octanol–water partition coefficient (Wildman–Crippen LogP) is 2.27. The van der Waals surface area contributed by atoms with Crippen molar-refractivity contribution in [3.05, 3.63) is 28.8 Å². The van der Waals surface area contributed by atoms with Crippen LogP contribution in [0.5, 0.6) is 0 Å². The Morgan fingerprint density at radius 3 is 2.93 bits per heavy atom. The van der Waals surface area contributed by atoms with Crippen LogP contribution < -0.4 is 5.73 Å². The van der Waals surface area contributed by atoms with Gasteiger partial charge in [-0.25, -0.2) is 0 Å². The zero-order valence-electron chi connectivity index (χ0n) is 8.70. The molecule has 0 fully saturated rings. The summed E-state index contributed by atoms with van der Waals surface area (Å²) in [5.41, 5.74) is 7.56. The van der Waals surface area contributed by atoms with E-state index in [1.165, 1.54) is 0 Å². The van der Waals surface area contributed by atoms with Crippen LogP contribution >= 0.6 is 11.6 Å². The third-order valence-corrected chi connectivity index (χ3v) is 2.39. The summed E-state index contributed by atoms with van der Waals surface area (Å²) in [6, 6.07) is 7.55. The zero-order valence-corrected chi connectivity index (χ0v) is 9.46. The lowest BCUT2D eigenvalue weighted by Crippen LogP contribution is -2.19. The van der Waals surface area contributed by atoms with Gasteiger partial charge in [0.05, 0.1) is 6.07 Å². The summed E-state index contributed by atoms with van der Waals surface area (Å²) in [6.45, 7) is 1.45. The highest BCUT2D eigenvalue weighted by atomic mass is 35.5. The first-order valence-electron chi connectivity index (χ1n) is 4.73. The Kier molecular flexibility index (Phi) is 4.41. The number of nitrogens with zero attached hydrogens (tertiary/aromatic N) is 2. The number of halogens is 1. The van der Waals surface area contributed by atoms with Crippen LogP contribution in [0.1, 0.15) is 12.0 Å². The van der Waals surface area contributed by atoms with Crippen LogP contribution in [-0.4, -0.2) is 18.5 Å². The third-order valence-electron chi connectivity index (χ3n) is 2.15. The molecule has 4 heteroatoms. The van der Waals surface area contributed by atoms with Gasteiger partial charge in [-0.3, -0.25) is 0 Å². The largest absolute Gasteiger partial charge is 0.398 e. The molecule has 0 saturated heterocycles. The number of anilines is 1. The van der Waals surface area contributed by atoms with Gasteiger partial charge in [0.15, 0.2) is 0 Å². The maximum absolute atomic E-state index is 8.46. The van der Waals surface area contributed by atoms with Crippen molar-refractivity contribution in [3.8, 4) is 6.07 Å². The Hall–Kier alpha value is -1.24. The first-order valence-corrected chi connectivity index (χ1v) is 5.10. The fourth-order valence-electron chi connectivity index (χ4n) is 1.32. The van der Waals surface area contributed by atoms with Gasteiger partial charge in [0, 0.05) is 30.2 Å². The lowest BCUT2D eigenvalue weighted by molar-refractivity contribution is 0.335. The molecule has 0 radical (unpaired) electrons. The van der Waals surface area contributed by atoms with Crippen LogP contribution in [0.15, 0.2) is 18.2 Å². The number of benzene rings is 1. The molecular formula is C11H14ClN3. The monoisotopic (exact) mass is 223 g/mol. The summed E-state index contributed by atoms with van der Waals surface area (Å²) in [4.78, 5) is 2.05. The SMILES string of the molecule is CN(CCC#N)Cc1cc(Cl)ccc1N. The van der Waals surface area contributed by atoms with Crippen LogP contribution in [0.3, 0.4) is 0 Å². The highest BCUT2D eigenvalue weighted by Gasteiger charge is 2.04. The van der Waals surface area contributed by atoms with E-state index in [9.17, 15) is 0 Å². The first-order chi connectivity index (χ1) is 7.13. The number of nitriles is 1. The second kappa shape index (κ2) is 5.59. The minimum Gasteiger partial charge on any atom is -0.398 e. The molecule has 0 saturated carbocycles.